The van der Waals surface area contributed by atoms with Crippen LogP contribution in [0.3, 0.4) is 0 Å². The Bertz CT molecular complexity index is 1000. The molecule has 162 valence electrons. The van der Waals surface area contributed by atoms with Crippen molar-refractivity contribution in [2.45, 2.75) is 57.9 Å². The van der Waals surface area contributed by atoms with Crippen LogP contribution in [0.25, 0.3) is 0 Å². The van der Waals surface area contributed by atoms with Gasteiger partial charge in [0.1, 0.15) is 6.04 Å². The molecule has 7 nitrogen and oxygen atoms in total. The van der Waals surface area contributed by atoms with E-state index in [-0.39, 0.29) is 30.2 Å². The first-order valence-corrected chi connectivity index (χ1v) is 10.7. The number of carbonyl (C=O) groups is 3. The molecule has 0 bridgehead atoms. The third kappa shape index (κ3) is 4.68. The molecule has 0 aromatic heterocycles. The second-order valence-electron chi connectivity index (χ2n) is 8.45. The number of imide groups is 1. The highest BCUT2D eigenvalue weighted by molar-refractivity contribution is 6.05. The Morgan fingerprint density at radius 3 is 2.55 bits per heavy atom. The number of hydrogen-bond acceptors (Lipinski definition) is 5. The van der Waals surface area contributed by atoms with Crippen molar-refractivity contribution in [1.82, 2.24) is 15.5 Å². The van der Waals surface area contributed by atoms with Gasteiger partial charge in [-0.05, 0) is 42.0 Å². The number of nitrogens with zero attached hydrogens (tertiary/aromatic N) is 1. The van der Waals surface area contributed by atoms with Crippen molar-refractivity contribution in [3.05, 3.63) is 70.3 Å². The van der Waals surface area contributed by atoms with Gasteiger partial charge in [-0.2, -0.15) is 0 Å². The fourth-order valence-electron chi connectivity index (χ4n) is 4.34. The molecular formula is C24H28N4O3. The summed E-state index contributed by atoms with van der Waals surface area (Å²) in [5, 5.41) is 5.76. The average Bonchev–Trinajstić information content (AvgIpc) is 3.06. The molecule has 0 spiro atoms. The van der Waals surface area contributed by atoms with Crippen LogP contribution >= 0.6 is 0 Å². The van der Waals surface area contributed by atoms with Gasteiger partial charge in [0.15, 0.2) is 0 Å². The molecule has 2 aromatic rings. The van der Waals surface area contributed by atoms with Crippen molar-refractivity contribution in [2.24, 2.45) is 5.73 Å². The van der Waals surface area contributed by atoms with E-state index in [1.54, 1.807) is 4.90 Å². The molecule has 0 saturated carbocycles. The van der Waals surface area contributed by atoms with E-state index in [4.69, 9.17) is 5.73 Å². The number of rotatable bonds is 7. The number of hydrogen-bond donors (Lipinski definition) is 3. The number of carbonyl (C=O) groups excluding carboxylic acids is 3. The third-order valence-corrected chi connectivity index (χ3v) is 5.86. The number of amides is 3. The second-order valence-corrected chi connectivity index (χ2v) is 8.45. The normalized spacial score (nSPS) is 19.4. The van der Waals surface area contributed by atoms with Crippen LogP contribution in [0.4, 0.5) is 0 Å². The quantitative estimate of drug-likeness (QED) is 0.591. The predicted octanol–water partition coefficient (Wildman–Crippen LogP) is 1.63. The number of fused-ring (bicyclic) bond motifs is 1. The van der Waals surface area contributed by atoms with Crippen LogP contribution in [-0.4, -0.2) is 34.7 Å². The minimum absolute atomic E-state index is 0.137. The molecule has 2 aromatic carbocycles. The topological polar surface area (TPSA) is 105 Å². The van der Waals surface area contributed by atoms with Gasteiger partial charge in [0.2, 0.25) is 11.8 Å². The molecule has 4 rings (SSSR count). The Kier molecular flexibility index (Phi) is 6.15. The zero-order valence-corrected chi connectivity index (χ0v) is 17.7. The summed E-state index contributed by atoms with van der Waals surface area (Å²) in [5.41, 5.74) is 10.8. The Morgan fingerprint density at radius 1 is 1.10 bits per heavy atom. The highest BCUT2D eigenvalue weighted by Gasteiger charge is 2.39. The molecule has 4 N–H and O–H groups in total. The molecule has 2 unspecified atom stereocenters. The van der Waals surface area contributed by atoms with E-state index in [1.807, 2.05) is 25.1 Å². The summed E-state index contributed by atoms with van der Waals surface area (Å²) in [6.07, 6.45) is 1.49. The van der Waals surface area contributed by atoms with Crippen LogP contribution in [0.2, 0.25) is 0 Å². The fourth-order valence-corrected chi connectivity index (χ4v) is 4.34. The molecule has 2 heterocycles. The first kappa shape index (κ1) is 21.2. The summed E-state index contributed by atoms with van der Waals surface area (Å²) < 4.78 is 0. The third-order valence-electron chi connectivity index (χ3n) is 5.86. The molecule has 2 atom stereocenters. The van der Waals surface area contributed by atoms with Gasteiger partial charge in [-0.25, -0.2) is 0 Å². The van der Waals surface area contributed by atoms with Crippen molar-refractivity contribution in [1.29, 1.82) is 0 Å². The maximum Gasteiger partial charge on any atom is 0.255 e. The van der Waals surface area contributed by atoms with Gasteiger partial charge in [-0.1, -0.05) is 42.5 Å². The lowest BCUT2D eigenvalue weighted by Gasteiger charge is -2.29. The van der Waals surface area contributed by atoms with Gasteiger partial charge >= 0.3 is 0 Å². The van der Waals surface area contributed by atoms with Crippen molar-refractivity contribution in [3.8, 4) is 0 Å². The summed E-state index contributed by atoms with van der Waals surface area (Å²) in [7, 11) is 0. The van der Waals surface area contributed by atoms with Gasteiger partial charge in [0.05, 0.1) is 0 Å². The predicted molar refractivity (Wildman–Crippen MR) is 117 cm³/mol. The zero-order valence-electron chi connectivity index (χ0n) is 17.7. The zero-order chi connectivity index (χ0) is 22.0. The minimum atomic E-state index is -0.590. The molecule has 3 amide bonds. The molecule has 2 aliphatic rings. The van der Waals surface area contributed by atoms with Crippen LogP contribution in [0, 0.1) is 0 Å². The van der Waals surface area contributed by atoms with E-state index in [2.05, 4.69) is 34.9 Å². The van der Waals surface area contributed by atoms with Crippen molar-refractivity contribution in [2.75, 3.05) is 0 Å². The monoisotopic (exact) mass is 420 g/mol. The van der Waals surface area contributed by atoms with E-state index in [0.29, 0.717) is 31.6 Å². The first-order valence-electron chi connectivity index (χ1n) is 10.7. The summed E-state index contributed by atoms with van der Waals surface area (Å²) in [6, 6.07) is 13.8. The number of benzene rings is 2. The van der Waals surface area contributed by atoms with Gasteiger partial charge in [0.25, 0.3) is 5.91 Å². The van der Waals surface area contributed by atoms with Crippen LogP contribution < -0.4 is 16.4 Å². The van der Waals surface area contributed by atoms with Crippen LogP contribution in [0.5, 0.6) is 0 Å². The van der Waals surface area contributed by atoms with E-state index in [0.717, 1.165) is 23.1 Å². The Morgan fingerprint density at radius 2 is 1.84 bits per heavy atom. The SMILES string of the molecule is CC(N)Cc1ccc(CNCc2cccc3c2C(=O)N(C2CCC(=O)NC2=O)C3)cc1. The van der Waals surface area contributed by atoms with Gasteiger partial charge in [-0.3, -0.25) is 19.7 Å². The fraction of sp³-hybridized carbons (Fsp3) is 0.375. The van der Waals surface area contributed by atoms with Gasteiger partial charge in [-0.15, -0.1) is 0 Å². The molecule has 0 radical (unpaired) electrons. The highest BCUT2D eigenvalue weighted by atomic mass is 16.2. The number of piperidine rings is 1. The van der Waals surface area contributed by atoms with E-state index in [1.165, 1.54) is 5.56 Å². The van der Waals surface area contributed by atoms with Crippen LogP contribution in [0.15, 0.2) is 42.5 Å². The Balaban J connectivity index is 1.40. The van der Waals surface area contributed by atoms with Gasteiger partial charge < -0.3 is 16.0 Å². The largest absolute Gasteiger partial charge is 0.328 e. The molecule has 31 heavy (non-hydrogen) atoms. The lowest BCUT2D eigenvalue weighted by molar-refractivity contribution is -0.136. The Hall–Kier alpha value is -3.03. The van der Waals surface area contributed by atoms with E-state index >= 15 is 0 Å². The van der Waals surface area contributed by atoms with Crippen molar-refractivity contribution < 1.29 is 14.4 Å². The average molecular weight is 421 g/mol. The maximum atomic E-state index is 13.1. The first-order chi connectivity index (χ1) is 14.9. The summed E-state index contributed by atoms with van der Waals surface area (Å²) in [5.74, 6) is -0.799. The molecule has 1 saturated heterocycles. The number of nitrogens with one attached hydrogen (secondary N) is 2. The van der Waals surface area contributed by atoms with Gasteiger partial charge in [0, 0.05) is 37.7 Å². The lowest BCUT2D eigenvalue weighted by Crippen LogP contribution is -2.52. The second kappa shape index (κ2) is 8.99. The minimum Gasteiger partial charge on any atom is -0.328 e. The molecular weight excluding hydrogens is 392 g/mol. The summed E-state index contributed by atoms with van der Waals surface area (Å²) in [6.45, 7) is 3.64. The molecule has 0 aliphatic carbocycles. The summed E-state index contributed by atoms with van der Waals surface area (Å²) in [4.78, 5) is 38.4. The summed E-state index contributed by atoms with van der Waals surface area (Å²) >= 11 is 0. The Labute approximate surface area is 182 Å². The van der Waals surface area contributed by atoms with Crippen LogP contribution in [0.1, 0.15) is 52.4 Å². The van der Waals surface area contributed by atoms with Crippen LogP contribution in [-0.2, 0) is 35.6 Å². The molecule has 1 fully saturated rings. The van der Waals surface area contributed by atoms with E-state index in [9.17, 15) is 14.4 Å². The van der Waals surface area contributed by atoms with Crippen molar-refractivity contribution in [3.63, 3.8) is 0 Å². The smallest absolute Gasteiger partial charge is 0.255 e. The number of nitrogens with two attached hydrogens (primary N) is 1. The molecule has 7 heteroatoms. The standard InChI is InChI=1S/C24H28N4O3/c1-15(25)11-16-5-7-17(8-6-16)12-26-13-18-3-2-4-19-14-28(24(31)22(18)19)20-9-10-21(29)27-23(20)30/h2-8,15,20,26H,9-14,25H2,1H3,(H,27,29,30). The molecule has 2 aliphatic heterocycles. The van der Waals surface area contributed by atoms with E-state index < -0.39 is 6.04 Å². The lowest BCUT2D eigenvalue weighted by atomic mass is 10.0. The highest BCUT2D eigenvalue weighted by Crippen LogP contribution is 2.29. The maximum absolute atomic E-state index is 13.1. The van der Waals surface area contributed by atoms with Crippen molar-refractivity contribution >= 4 is 17.7 Å².